The van der Waals surface area contributed by atoms with Gasteiger partial charge in [-0.3, -0.25) is 0 Å². The number of ether oxygens (including phenoxy) is 1. The summed E-state index contributed by atoms with van der Waals surface area (Å²) in [6, 6.07) is 2.21. The molecule has 6 nitrogen and oxygen atoms in total. The van der Waals surface area contributed by atoms with Gasteiger partial charge in [0.25, 0.3) is 0 Å². The van der Waals surface area contributed by atoms with Gasteiger partial charge >= 0.3 is 0 Å². The Morgan fingerprint density at radius 1 is 1.59 bits per heavy atom. The van der Waals surface area contributed by atoms with E-state index in [4.69, 9.17) is 15.1 Å². The standard InChI is InChI=1S/C11H18N4O2/c1-9(4-3-7-16)15-11(8-17-2)10(5-6-12)13-14-15/h9,16H,3-5,7-8H2,1-2H3. The van der Waals surface area contributed by atoms with E-state index in [2.05, 4.69) is 16.4 Å². The summed E-state index contributed by atoms with van der Waals surface area (Å²) in [5.74, 6) is 0. The van der Waals surface area contributed by atoms with E-state index < -0.39 is 0 Å². The summed E-state index contributed by atoms with van der Waals surface area (Å²) < 4.78 is 6.89. The van der Waals surface area contributed by atoms with Crippen molar-refractivity contribution in [3.63, 3.8) is 0 Å². The fraction of sp³-hybridized carbons (Fsp3) is 0.727. The summed E-state index contributed by atoms with van der Waals surface area (Å²) >= 11 is 0. The van der Waals surface area contributed by atoms with Crippen molar-refractivity contribution >= 4 is 0 Å². The number of nitrogens with zero attached hydrogens (tertiary/aromatic N) is 4. The van der Waals surface area contributed by atoms with E-state index in [0.717, 1.165) is 18.5 Å². The van der Waals surface area contributed by atoms with Crippen LogP contribution in [0.3, 0.4) is 0 Å². The fourth-order valence-electron chi connectivity index (χ4n) is 1.71. The summed E-state index contributed by atoms with van der Waals surface area (Å²) in [6.07, 6.45) is 1.79. The molecule has 0 bridgehead atoms. The van der Waals surface area contributed by atoms with E-state index >= 15 is 0 Å². The second-order valence-corrected chi connectivity index (χ2v) is 3.91. The van der Waals surface area contributed by atoms with Gasteiger partial charge in [-0.1, -0.05) is 5.21 Å². The molecule has 1 unspecified atom stereocenters. The Kier molecular flexibility index (Phi) is 5.60. The molecule has 1 aromatic heterocycles. The predicted molar refractivity (Wildman–Crippen MR) is 61.1 cm³/mol. The van der Waals surface area contributed by atoms with Gasteiger partial charge in [0.15, 0.2) is 0 Å². The first-order valence-electron chi connectivity index (χ1n) is 5.64. The molecule has 0 saturated heterocycles. The molecule has 1 heterocycles. The van der Waals surface area contributed by atoms with Crippen LogP contribution in [0, 0.1) is 11.3 Å². The van der Waals surface area contributed by atoms with Gasteiger partial charge in [-0.25, -0.2) is 4.68 Å². The van der Waals surface area contributed by atoms with Crippen molar-refractivity contribution in [3.05, 3.63) is 11.4 Å². The molecule has 0 aliphatic heterocycles. The van der Waals surface area contributed by atoms with Crippen LogP contribution in [-0.2, 0) is 17.8 Å². The Hall–Kier alpha value is -1.45. The van der Waals surface area contributed by atoms with E-state index in [1.54, 1.807) is 11.8 Å². The quantitative estimate of drug-likeness (QED) is 0.760. The summed E-state index contributed by atoms with van der Waals surface area (Å²) in [4.78, 5) is 0. The molecule has 0 saturated carbocycles. The third-order valence-electron chi connectivity index (χ3n) is 2.60. The monoisotopic (exact) mass is 238 g/mol. The minimum absolute atomic E-state index is 0.146. The average molecular weight is 238 g/mol. The van der Waals surface area contributed by atoms with Crippen LogP contribution in [0.25, 0.3) is 0 Å². The number of aliphatic hydroxyl groups excluding tert-OH is 1. The van der Waals surface area contributed by atoms with Gasteiger partial charge in [-0.15, -0.1) is 5.10 Å². The van der Waals surface area contributed by atoms with Crippen LogP contribution in [-0.4, -0.2) is 33.8 Å². The zero-order valence-corrected chi connectivity index (χ0v) is 10.3. The maximum atomic E-state index is 8.81. The molecule has 0 radical (unpaired) electrons. The molecule has 0 aliphatic rings. The minimum atomic E-state index is 0.146. The molecule has 1 aromatic rings. The van der Waals surface area contributed by atoms with Crippen LogP contribution in [0.1, 0.15) is 37.2 Å². The normalized spacial score (nSPS) is 12.4. The number of rotatable bonds is 7. The molecule has 6 heteroatoms. The smallest absolute Gasteiger partial charge is 0.102 e. The second kappa shape index (κ2) is 6.99. The number of methoxy groups -OCH3 is 1. The zero-order chi connectivity index (χ0) is 12.7. The maximum Gasteiger partial charge on any atom is 0.102 e. The Morgan fingerprint density at radius 2 is 2.35 bits per heavy atom. The molecule has 1 rings (SSSR count). The Bertz CT molecular complexity index is 383. The third kappa shape index (κ3) is 3.51. The summed E-state index contributed by atoms with van der Waals surface area (Å²) in [5.41, 5.74) is 1.52. The van der Waals surface area contributed by atoms with Gasteiger partial charge < -0.3 is 9.84 Å². The van der Waals surface area contributed by atoms with Crippen molar-refractivity contribution in [1.29, 1.82) is 5.26 Å². The van der Waals surface area contributed by atoms with Gasteiger partial charge in [-0.2, -0.15) is 5.26 Å². The van der Waals surface area contributed by atoms with E-state index in [0.29, 0.717) is 12.3 Å². The molecule has 0 amide bonds. The lowest BCUT2D eigenvalue weighted by atomic mass is 10.1. The number of nitriles is 1. The van der Waals surface area contributed by atoms with Crippen molar-refractivity contribution < 1.29 is 9.84 Å². The molecule has 17 heavy (non-hydrogen) atoms. The number of aliphatic hydroxyl groups is 1. The van der Waals surface area contributed by atoms with E-state index in [-0.39, 0.29) is 19.1 Å². The summed E-state index contributed by atoms with van der Waals surface area (Å²) in [6.45, 7) is 2.58. The number of hydrogen-bond donors (Lipinski definition) is 1. The van der Waals surface area contributed by atoms with Crippen molar-refractivity contribution in [2.24, 2.45) is 0 Å². The SMILES string of the molecule is COCc1c(CC#N)nnn1C(C)CCCO. The van der Waals surface area contributed by atoms with E-state index in [1.165, 1.54) is 0 Å². The molecular weight excluding hydrogens is 220 g/mol. The number of hydrogen-bond acceptors (Lipinski definition) is 5. The molecule has 1 N–H and O–H groups in total. The summed E-state index contributed by atoms with van der Waals surface area (Å²) in [7, 11) is 1.60. The molecule has 0 fully saturated rings. The lowest BCUT2D eigenvalue weighted by Gasteiger charge is -2.14. The first kappa shape index (κ1) is 13.6. The molecule has 0 aromatic carbocycles. The van der Waals surface area contributed by atoms with Gasteiger partial charge in [-0.05, 0) is 19.8 Å². The van der Waals surface area contributed by atoms with Crippen molar-refractivity contribution in [3.8, 4) is 6.07 Å². The first-order valence-corrected chi connectivity index (χ1v) is 5.64. The third-order valence-corrected chi connectivity index (χ3v) is 2.60. The van der Waals surface area contributed by atoms with Crippen LogP contribution >= 0.6 is 0 Å². The largest absolute Gasteiger partial charge is 0.396 e. The molecule has 0 spiro atoms. The van der Waals surface area contributed by atoms with E-state index in [1.807, 2.05) is 6.92 Å². The first-order chi connectivity index (χ1) is 8.24. The highest BCUT2D eigenvalue weighted by atomic mass is 16.5. The Balaban J connectivity index is 2.86. The second-order valence-electron chi connectivity index (χ2n) is 3.91. The van der Waals surface area contributed by atoms with Crippen molar-refractivity contribution in [1.82, 2.24) is 15.0 Å². The highest BCUT2D eigenvalue weighted by Crippen LogP contribution is 2.17. The molecule has 0 aliphatic carbocycles. The van der Waals surface area contributed by atoms with Gasteiger partial charge in [0.05, 0.1) is 30.8 Å². The molecule has 94 valence electrons. The molecular formula is C11H18N4O2. The lowest BCUT2D eigenvalue weighted by Crippen LogP contribution is -2.12. The highest BCUT2D eigenvalue weighted by molar-refractivity contribution is 5.14. The molecule has 1 atom stereocenters. The summed E-state index contributed by atoms with van der Waals surface area (Å²) in [5, 5.41) is 25.6. The van der Waals surface area contributed by atoms with E-state index in [9.17, 15) is 0 Å². The highest BCUT2D eigenvalue weighted by Gasteiger charge is 2.16. The van der Waals surface area contributed by atoms with Crippen LogP contribution in [0.5, 0.6) is 0 Å². The Labute approximate surface area is 101 Å². The Morgan fingerprint density at radius 3 is 2.94 bits per heavy atom. The van der Waals surface area contributed by atoms with Gasteiger partial charge in [0.2, 0.25) is 0 Å². The van der Waals surface area contributed by atoms with Crippen molar-refractivity contribution in [2.45, 2.75) is 38.8 Å². The number of aromatic nitrogens is 3. The maximum absolute atomic E-state index is 8.81. The lowest BCUT2D eigenvalue weighted by molar-refractivity contribution is 0.172. The van der Waals surface area contributed by atoms with Crippen LogP contribution in [0.2, 0.25) is 0 Å². The van der Waals surface area contributed by atoms with Gasteiger partial charge in [0.1, 0.15) is 5.69 Å². The van der Waals surface area contributed by atoms with Crippen LogP contribution in [0.15, 0.2) is 0 Å². The van der Waals surface area contributed by atoms with Gasteiger partial charge in [0, 0.05) is 13.7 Å². The van der Waals surface area contributed by atoms with Crippen LogP contribution < -0.4 is 0 Å². The van der Waals surface area contributed by atoms with Crippen LogP contribution in [0.4, 0.5) is 0 Å². The average Bonchev–Trinajstić information content (AvgIpc) is 2.71. The predicted octanol–water partition coefficient (Wildman–Crippen LogP) is 0.824. The fourth-order valence-corrected chi connectivity index (χ4v) is 1.71. The van der Waals surface area contributed by atoms with Crippen molar-refractivity contribution in [2.75, 3.05) is 13.7 Å². The minimum Gasteiger partial charge on any atom is -0.396 e. The topological polar surface area (TPSA) is 84.0 Å². The zero-order valence-electron chi connectivity index (χ0n) is 10.3.